The largest absolute Gasteiger partial charge is 0.469 e. The Labute approximate surface area is 95.9 Å². The van der Waals surface area contributed by atoms with E-state index in [1.54, 1.807) is 0 Å². The van der Waals surface area contributed by atoms with Crippen molar-refractivity contribution in [2.75, 3.05) is 6.61 Å². The third kappa shape index (κ3) is 15.1. The standard InChI is InChI=1S/C8H19O4P.Co/c1-2-3-4-5-6-7-8-12-13(9,10)11;/h2-8H2,1H3,(H2,9,10,11);. The Hall–Kier alpha value is 0.616. The summed E-state index contributed by atoms with van der Waals surface area (Å²) in [7, 11) is -4.23. The first-order valence-electron chi connectivity index (χ1n) is 4.76. The number of rotatable bonds is 8. The van der Waals surface area contributed by atoms with Crippen molar-refractivity contribution in [2.24, 2.45) is 0 Å². The van der Waals surface area contributed by atoms with Gasteiger partial charge in [0.05, 0.1) is 6.61 Å². The minimum atomic E-state index is -4.23. The second-order valence-corrected chi connectivity index (χ2v) is 4.33. The zero-order chi connectivity index (χ0) is 10.2. The van der Waals surface area contributed by atoms with Crippen LogP contribution in [-0.2, 0) is 25.9 Å². The van der Waals surface area contributed by atoms with Crippen LogP contribution in [0.25, 0.3) is 0 Å². The summed E-state index contributed by atoms with van der Waals surface area (Å²) in [5.41, 5.74) is 0. The van der Waals surface area contributed by atoms with Gasteiger partial charge in [-0.25, -0.2) is 4.57 Å². The Balaban J connectivity index is 0. The van der Waals surface area contributed by atoms with Gasteiger partial charge in [-0.15, -0.1) is 0 Å². The predicted molar refractivity (Wildman–Crippen MR) is 51.4 cm³/mol. The van der Waals surface area contributed by atoms with Crippen molar-refractivity contribution in [3.05, 3.63) is 0 Å². The summed E-state index contributed by atoms with van der Waals surface area (Å²) in [5.74, 6) is 0. The third-order valence-corrected chi connectivity index (χ3v) is 2.28. The van der Waals surface area contributed by atoms with E-state index >= 15 is 0 Å². The summed E-state index contributed by atoms with van der Waals surface area (Å²) >= 11 is 0. The molecule has 4 nitrogen and oxygen atoms in total. The van der Waals surface area contributed by atoms with Crippen molar-refractivity contribution in [1.82, 2.24) is 0 Å². The number of hydrogen-bond donors (Lipinski definition) is 2. The minimum absolute atomic E-state index is 0. The minimum Gasteiger partial charge on any atom is -0.303 e. The maximum Gasteiger partial charge on any atom is 0.469 e. The van der Waals surface area contributed by atoms with E-state index in [2.05, 4.69) is 11.4 Å². The van der Waals surface area contributed by atoms with Crippen LogP contribution >= 0.6 is 7.82 Å². The topological polar surface area (TPSA) is 66.8 Å². The van der Waals surface area contributed by atoms with E-state index in [0.717, 1.165) is 19.3 Å². The molecule has 0 aromatic rings. The molecule has 89 valence electrons. The van der Waals surface area contributed by atoms with Crippen LogP contribution < -0.4 is 0 Å². The number of phosphoric ester groups is 1. The Morgan fingerprint density at radius 2 is 1.57 bits per heavy atom. The molecule has 0 heterocycles. The van der Waals surface area contributed by atoms with Gasteiger partial charge in [-0.2, -0.15) is 0 Å². The molecule has 0 rings (SSSR count). The van der Waals surface area contributed by atoms with Gasteiger partial charge in [-0.1, -0.05) is 39.0 Å². The average Bonchev–Trinajstić information content (AvgIpc) is 2.01. The van der Waals surface area contributed by atoms with Crippen LogP contribution in [0.4, 0.5) is 0 Å². The summed E-state index contributed by atoms with van der Waals surface area (Å²) in [5, 5.41) is 0. The number of hydrogen-bond acceptors (Lipinski definition) is 2. The summed E-state index contributed by atoms with van der Waals surface area (Å²) < 4.78 is 14.5. The Morgan fingerprint density at radius 1 is 1.07 bits per heavy atom. The van der Waals surface area contributed by atoms with Crippen LogP contribution in [0.2, 0.25) is 0 Å². The first-order chi connectivity index (χ1) is 6.06. The molecule has 0 aromatic heterocycles. The van der Waals surface area contributed by atoms with Gasteiger partial charge in [0.2, 0.25) is 0 Å². The third-order valence-electron chi connectivity index (χ3n) is 1.76. The number of phosphoric acid groups is 1. The van der Waals surface area contributed by atoms with Gasteiger partial charge >= 0.3 is 7.82 Å². The molecule has 0 amide bonds. The molecule has 0 atom stereocenters. The van der Waals surface area contributed by atoms with Gasteiger partial charge in [0.25, 0.3) is 0 Å². The quantitative estimate of drug-likeness (QED) is 0.524. The van der Waals surface area contributed by atoms with E-state index in [1.807, 2.05) is 0 Å². The molecule has 2 N–H and O–H groups in total. The second kappa shape index (κ2) is 10.1. The zero-order valence-corrected chi connectivity index (χ0v) is 10.4. The predicted octanol–water partition coefficient (Wildman–Crippen LogP) is 2.45. The summed E-state index contributed by atoms with van der Waals surface area (Å²) in [4.78, 5) is 16.7. The van der Waals surface area contributed by atoms with Crippen LogP contribution in [0.3, 0.4) is 0 Å². The Kier molecular flexibility index (Phi) is 12.3. The van der Waals surface area contributed by atoms with Crippen molar-refractivity contribution >= 4 is 7.82 Å². The van der Waals surface area contributed by atoms with E-state index in [1.165, 1.54) is 19.3 Å². The molecule has 0 aliphatic carbocycles. The summed E-state index contributed by atoms with van der Waals surface area (Å²) in [6, 6.07) is 0. The molecule has 0 spiro atoms. The Bertz CT molecular complexity index is 159. The smallest absolute Gasteiger partial charge is 0.303 e. The van der Waals surface area contributed by atoms with Gasteiger partial charge < -0.3 is 9.79 Å². The average molecular weight is 269 g/mol. The van der Waals surface area contributed by atoms with Gasteiger partial charge in [-0.05, 0) is 6.42 Å². The molecule has 0 saturated heterocycles. The molecule has 0 aliphatic rings. The maximum atomic E-state index is 10.2. The fourth-order valence-electron chi connectivity index (χ4n) is 1.07. The molecule has 0 unspecified atom stereocenters. The molecule has 0 bridgehead atoms. The van der Waals surface area contributed by atoms with E-state index in [9.17, 15) is 4.57 Å². The second-order valence-electron chi connectivity index (χ2n) is 3.09. The van der Waals surface area contributed by atoms with Crippen molar-refractivity contribution in [2.45, 2.75) is 45.4 Å². The van der Waals surface area contributed by atoms with Crippen molar-refractivity contribution in [3.8, 4) is 0 Å². The van der Waals surface area contributed by atoms with Gasteiger partial charge in [0.15, 0.2) is 0 Å². The van der Waals surface area contributed by atoms with E-state index < -0.39 is 7.82 Å². The molecule has 0 aliphatic heterocycles. The van der Waals surface area contributed by atoms with Gasteiger partial charge in [0, 0.05) is 16.8 Å². The van der Waals surface area contributed by atoms with Gasteiger partial charge in [0.1, 0.15) is 0 Å². The molecule has 1 radical (unpaired) electrons. The first-order valence-corrected chi connectivity index (χ1v) is 6.29. The van der Waals surface area contributed by atoms with Crippen LogP contribution in [-0.4, -0.2) is 16.4 Å². The molecule has 0 fully saturated rings. The van der Waals surface area contributed by atoms with Crippen molar-refractivity contribution < 1.29 is 35.7 Å². The van der Waals surface area contributed by atoms with E-state index in [4.69, 9.17) is 9.79 Å². The molecule has 6 heteroatoms. The van der Waals surface area contributed by atoms with Gasteiger partial charge in [-0.3, -0.25) is 4.52 Å². The molecule has 0 saturated carbocycles. The monoisotopic (exact) mass is 269 g/mol. The normalized spacial score (nSPS) is 11.1. The Morgan fingerprint density at radius 3 is 2.07 bits per heavy atom. The maximum absolute atomic E-state index is 10.2. The van der Waals surface area contributed by atoms with Crippen LogP contribution in [0, 0.1) is 0 Å². The SMILES string of the molecule is CCCCCCCCOP(=O)(O)O.[Co]. The number of unbranched alkanes of at least 4 members (excludes halogenated alkanes) is 5. The van der Waals surface area contributed by atoms with Crippen LogP contribution in [0.15, 0.2) is 0 Å². The van der Waals surface area contributed by atoms with E-state index in [-0.39, 0.29) is 23.4 Å². The first kappa shape index (κ1) is 17.0. The van der Waals surface area contributed by atoms with Crippen LogP contribution in [0.1, 0.15) is 45.4 Å². The molecular weight excluding hydrogens is 250 g/mol. The molecular formula is C8H19CoO4P. The fraction of sp³-hybridized carbons (Fsp3) is 1.00. The molecule has 14 heavy (non-hydrogen) atoms. The van der Waals surface area contributed by atoms with Crippen molar-refractivity contribution in [3.63, 3.8) is 0 Å². The van der Waals surface area contributed by atoms with Crippen LogP contribution in [0.5, 0.6) is 0 Å². The summed E-state index contributed by atoms with van der Waals surface area (Å²) in [6.45, 7) is 2.31. The zero-order valence-electron chi connectivity index (χ0n) is 8.44. The van der Waals surface area contributed by atoms with E-state index in [0.29, 0.717) is 0 Å². The van der Waals surface area contributed by atoms with Crippen molar-refractivity contribution in [1.29, 1.82) is 0 Å². The fourth-order valence-corrected chi connectivity index (χ4v) is 1.43. The summed E-state index contributed by atoms with van der Waals surface area (Å²) in [6.07, 6.45) is 6.48. The molecule has 0 aromatic carbocycles.